The monoisotopic (exact) mass is 399 g/mol. The lowest BCUT2D eigenvalue weighted by Gasteiger charge is -2.23. The molecule has 152 valence electrons. The first kappa shape index (κ1) is 19.8. The molecule has 0 saturated heterocycles. The number of benzene rings is 3. The van der Waals surface area contributed by atoms with Crippen LogP contribution in [0.4, 0.5) is 5.69 Å². The minimum Gasteiger partial charge on any atom is -0.497 e. The Balaban J connectivity index is 1.65. The van der Waals surface area contributed by atoms with Crippen molar-refractivity contribution in [2.45, 2.75) is 26.3 Å². The molecule has 3 aromatic carbocycles. The lowest BCUT2D eigenvalue weighted by Crippen LogP contribution is -2.31. The number of furan rings is 1. The number of nitrogens with zero attached hydrogens (tertiary/aromatic N) is 1. The van der Waals surface area contributed by atoms with Gasteiger partial charge in [0.1, 0.15) is 11.3 Å². The van der Waals surface area contributed by atoms with Crippen LogP contribution in [0.5, 0.6) is 5.75 Å². The number of fused-ring (bicyclic) bond motifs is 1. The molecule has 0 atom stereocenters. The minimum atomic E-state index is 0.0219. The van der Waals surface area contributed by atoms with E-state index in [4.69, 9.17) is 9.15 Å². The SMILES string of the molecule is CCc1ccc2occ(CC(=O)N(Cc3ccccc3)c3ccc(OC)cc3)c2c1. The topological polar surface area (TPSA) is 42.7 Å². The van der Waals surface area contributed by atoms with Crippen molar-refractivity contribution >= 4 is 22.6 Å². The molecule has 0 aliphatic heterocycles. The standard InChI is InChI=1S/C26H25NO3/c1-3-19-9-14-25-24(15-19)21(18-30-25)16-26(28)27(17-20-7-5-4-6-8-20)22-10-12-23(29-2)13-11-22/h4-15,18H,3,16-17H2,1-2H3. The number of carbonyl (C=O) groups excluding carboxylic acids is 1. The van der Waals surface area contributed by atoms with E-state index in [-0.39, 0.29) is 12.3 Å². The van der Waals surface area contributed by atoms with Crippen LogP contribution in [-0.4, -0.2) is 13.0 Å². The highest BCUT2D eigenvalue weighted by atomic mass is 16.5. The van der Waals surface area contributed by atoms with E-state index in [2.05, 4.69) is 19.1 Å². The number of anilines is 1. The molecule has 1 heterocycles. The van der Waals surface area contributed by atoms with Crippen molar-refractivity contribution in [2.75, 3.05) is 12.0 Å². The molecule has 0 fully saturated rings. The third-order valence-corrected chi connectivity index (χ3v) is 5.34. The highest BCUT2D eigenvalue weighted by molar-refractivity contribution is 5.97. The molecule has 0 aliphatic rings. The van der Waals surface area contributed by atoms with Gasteiger partial charge in [0.05, 0.1) is 26.3 Å². The molecule has 0 N–H and O–H groups in total. The van der Waals surface area contributed by atoms with Gasteiger partial charge in [-0.3, -0.25) is 4.79 Å². The first-order chi connectivity index (χ1) is 14.7. The van der Waals surface area contributed by atoms with Crippen LogP contribution in [0.1, 0.15) is 23.6 Å². The number of amides is 1. The largest absolute Gasteiger partial charge is 0.497 e. The van der Waals surface area contributed by atoms with Crippen LogP contribution >= 0.6 is 0 Å². The van der Waals surface area contributed by atoms with Gasteiger partial charge in [-0.1, -0.05) is 43.3 Å². The number of methoxy groups -OCH3 is 1. The molecule has 1 aromatic heterocycles. The Morgan fingerprint density at radius 2 is 1.73 bits per heavy atom. The third-order valence-electron chi connectivity index (χ3n) is 5.34. The Labute approximate surface area is 176 Å². The second kappa shape index (κ2) is 8.87. The van der Waals surface area contributed by atoms with Crippen LogP contribution in [0.25, 0.3) is 11.0 Å². The maximum absolute atomic E-state index is 13.4. The van der Waals surface area contributed by atoms with E-state index in [9.17, 15) is 4.79 Å². The van der Waals surface area contributed by atoms with Gasteiger partial charge in [0.2, 0.25) is 5.91 Å². The summed E-state index contributed by atoms with van der Waals surface area (Å²) in [4.78, 5) is 15.2. The number of aryl methyl sites for hydroxylation is 1. The van der Waals surface area contributed by atoms with Gasteiger partial charge in [-0.05, 0) is 53.9 Å². The van der Waals surface area contributed by atoms with E-state index < -0.39 is 0 Å². The van der Waals surface area contributed by atoms with Crippen molar-refractivity contribution in [3.63, 3.8) is 0 Å². The second-order valence-corrected chi connectivity index (χ2v) is 7.29. The first-order valence-corrected chi connectivity index (χ1v) is 10.1. The normalized spacial score (nSPS) is 10.9. The molecular formula is C26H25NO3. The number of ether oxygens (including phenoxy) is 1. The molecule has 0 spiro atoms. The first-order valence-electron chi connectivity index (χ1n) is 10.1. The van der Waals surface area contributed by atoms with Gasteiger partial charge < -0.3 is 14.1 Å². The van der Waals surface area contributed by atoms with E-state index >= 15 is 0 Å². The van der Waals surface area contributed by atoms with Crippen LogP contribution in [0.2, 0.25) is 0 Å². The van der Waals surface area contributed by atoms with Gasteiger partial charge in [0.25, 0.3) is 0 Å². The van der Waals surface area contributed by atoms with Crippen LogP contribution in [0, 0.1) is 0 Å². The molecule has 4 rings (SSSR count). The zero-order valence-electron chi connectivity index (χ0n) is 17.3. The zero-order chi connectivity index (χ0) is 20.9. The third kappa shape index (κ3) is 4.23. The molecule has 4 nitrogen and oxygen atoms in total. The molecule has 4 heteroatoms. The fraction of sp³-hybridized carbons (Fsp3) is 0.192. The number of hydrogen-bond donors (Lipinski definition) is 0. The Hall–Kier alpha value is -3.53. The summed E-state index contributed by atoms with van der Waals surface area (Å²) >= 11 is 0. The van der Waals surface area contributed by atoms with Gasteiger partial charge in [-0.25, -0.2) is 0 Å². The Morgan fingerprint density at radius 1 is 0.967 bits per heavy atom. The average molecular weight is 399 g/mol. The minimum absolute atomic E-state index is 0.0219. The summed E-state index contributed by atoms with van der Waals surface area (Å²) in [5.41, 5.74) is 4.87. The van der Waals surface area contributed by atoms with Gasteiger partial charge in [-0.2, -0.15) is 0 Å². The summed E-state index contributed by atoms with van der Waals surface area (Å²) in [5, 5.41) is 1.01. The molecule has 0 bridgehead atoms. The molecule has 0 unspecified atom stereocenters. The molecule has 0 aliphatic carbocycles. The summed E-state index contributed by atoms with van der Waals surface area (Å²) in [5.74, 6) is 0.785. The summed E-state index contributed by atoms with van der Waals surface area (Å²) in [6, 6.07) is 23.8. The van der Waals surface area contributed by atoms with Crippen molar-refractivity contribution < 1.29 is 13.9 Å². The van der Waals surface area contributed by atoms with E-state index in [0.717, 1.165) is 40.0 Å². The number of carbonyl (C=O) groups is 1. The predicted molar refractivity (Wildman–Crippen MR) is 120 cm³/mol. The summed E-state index contributed by atoms with van der Waals surface area (Å²) in [6.45, 7) is 2.62. The Kier molecular flexibility index (Phi) is 5.84. The van der Waals surface area contributed by atoms with Gasteiger partial charge in [0.15, 0.2) is 0 Å². The summed E-state index contributed by atoms with van der Waals surface area (Å²) < 4.78 is 11.0. The fourth-order valence-corrected chi connectivity index (χ4v) is 3.60. The van der Waals surface area contributed by atoms with E-state index in [1.807, 2.05) is 65.6 Å². The smallest absolute Gasteiger partial charge is 0.231 e. The van der Waals surface area contributed by atoms with Crippen molar-refractivity contribution in [1.82, 2.24) is 0 Å². The fourth-order valence-electron chi connectivity index (χ4n) is 3.60. The molecule has 0 saturated carbocycles. The maximum Gasteiger partial charge on any atom is 0.231 e. The van der Waals surface area contributed by atoms with Gasteiger partial charge in [0, 0.05) is 16.6 Å². The van der Waals surface area contributed by atoms with Crippen LogP contribution in [0.15, 0.2) is 83.5 Å². The lowest BCUT2D eigenvalue weighted by atomic mass is 10.1. The highest BCUT2D eigenvalue weighted by Crippen LogP contribution is 2.26. The van der Waals surface area contributed by atoms with E-state index in [0.29, 0.717) is 6.54 Å². The predicted octanol–water partition coefficient (Wildman–Crippen LogP) is 5.78. The highest BCUT2D eigenvalue weighted by Gasteiger charge is 2.19. The quantitative estimate of drug-likeness (QED) is 0.396. The summed E-state index contributed by atoms with van der Waals surface area (Å²) in [7, 11) is 1.64. The molecule has 4 aromatic rings. The maximum atomic E-state index is 13.4. The van der Waals surface area contributed by atoms with Gasteiger partial charge in [-0.15, -0.1) is 0 Å². The van der Waals surface area contributed by atoms with Crippen LogP contribution in [0.3, 0.4) is 0 Å². The number of hydrogen-bond acceptors (Lipinski definition) is 3. The van der Waals surface area contributed by atoms with E-state index in [1.54, 1.807) is 13.4 Å². The van der Waals surface area contributed by atoms with E-state index in [1.165, 1.54) is 5.56 Å². The Morgan fingerprint density at radius 3 is 2.43 bits per heavy atom. The molecular weight excluding hydrogens is 374 g/mol. The average Bonchev–Trinajstić information content (AvgIpc) is 3.20. The molecule has 1 amide bonds. The molecule has 30 heavy (non-hydrogen) atoms. The second-order valence-electron chi connectivity index (χ2n) is 7.29. The van der Waals surface area contributed by atoms with Crippen molar-refractivity contribution in [3.05, 3.63) is 95.7 Å². The lowest BCUT2D eigenvalue weighted by molar-refractivity contribution is -0.118. The zero-order valence-corrected chi connectivity index (χ0v) is 17.3. The summed E-state index contributed by atoms with van der Waals surface area (Å²) in [6.07, 6.45) is 2.93. The molecule has 0 radical (unpaired) electrons. The van der Waals surface area contributed by atoms with Crippen LogP contribution in [-0.2, 0) is 24.2 Å². The van der Waals surface area contributed by atoms with Crippen molar-refractivity contribution in [2.24, 2.45) is 0 Å². The van der Waals surface area contributed by atoms with Crippen molar-refractivity contribution in [3.8, 4) is 5.75 Å². The Bertz CT molecular complexity index is 1130. The van der Waals surface area contributed by atoms with Crippen LogP contribution < -0.4 is 9.64 Å². The van der Waals surface area contributed by atoms with Gasteiger partial charge >= 0.3 is 0 Å². The number of rotatable bonds is 7. The van der Waals surface area contributed by atoms with Crippen molar-refractivity contribution in [1.29, 1.82) is 0 Å².